The molecule has 27 heavy (non-hydrogen) atoms. The predicted octanol–water partition coefficient (Wildman–Crippen LogP) is 7.77. The van der Waals surface area contributed by atoms with Crippen molar-refractivity contribution in [1.82, 2.24) is 0 Å². The van der Waals surface area contributed by atoms with E-state index in [1.807, 2.05) is 0 Å². The first-order valence-electron chi connectivity index (χ1n) is 10.9. The van der Waals surface area contributed by atoms with E-state index in [-0.39, 0.29) is 19.9 Å². The summed E-state index contributed by atoms with van der Waals surface area (Å²) in [6.45, 7) is 8.41. The smallest absolute Gasteiger partial charge is 0.170 e. The van der Waals surface area contributed by atoms with E-state index >= 15 is 0 Å². The lowest BCUT2D eigenvalue weighted by Crippen LogP contribution is -2.42. The van der Waals surface area contributed by atoms with Crippen molar-refractivity contribution < 1.29 is 9.36 Å². The van der Waals surface area contributed by atoms with E-state index in [0.717, 1.165) is 55.2 Å². The molecule has 0 aromatic heterocycles. The van der Waals surface area contributed by atoms with Gasteiger partial charge in [-0.1, -0.05) is 76.0 Å². The SMILES string of the molecule is CCCCCCCC(P=O)C1(C(=O)c2c(C)cc(C)cc2C)CCCCC1. The van der Waals surface area contributed by atoms with Crippen LogP contribution in [0.15, 0.2) is 12.1 Å². The molecule has 1 atom stereocenters. The number of aryl methyl sites for hydroxylation is 3. The molecule has 0 spiro atoms. The molecule has 0 aliphatic heterocycles. The van der Waals surface area contributed by atoms with Crippen LogP contribution in [0.25, 0.3) is 0 Å². The van der Waals surface area contributed by atoms with E-state index in [2.05, 4.69) is 39.8 Å². The summed E-state index contributed by atoms with van der Waals surface area (Å²) in [5.74, 6) is 0.263. The number of ketones is 1. The number of carbonyl (C=O) groups is 1. The second-order valence-corrected chi connectivity index (χ2v) is 9.48. The van der Waals surface area contributed by atoms with Gasteiger partial charge in [0.25, 0.3) is 0 Å². The van der Waals surface area contributed by atoms with Gasteiger partial charge in [-0.2, -0.15) is 0 Å². The number of hydrogen-bond donors (Lipinski definition) is 0. The van der Waals surface area contributed by atoms with Crippen molar-refractivity contribution in [2.24, 2.45) is 5.41 Å². The number of hydrogen-bond acceptors (Lipinski definition) is 2. The molecule has 3 heteroatoms. The van der Waals surface area contributed by atoms with Crippen molar-refractivity contribution >= 4 is 14.2 Å². The number of benzene rings is 1. The number of unbranched alkanes of at least 4 members (excludes halogenated alkanes) is 4. The van der Waals surface area contributed by atoms with Crippen LogP contribution in [0, 0.1) is 26.2 Å². The van der Waals surface area contributed by atoms with Gasteiger partial charge in [0.1, 0.15) is 0 Å². The van der Waals surface area contributed by atoms with Gasteiger partial charge >= 0.3 is 0 Å². The van der Waals surface area contributed by atoms with Gasteiger partial charge in [-0.3, -0.25) is 9.36 Å². The van der Waals surface area contributed by atoms with E-state index < -0.39 is 5.41 Å². The summed E-state index contributed by atoms with van der Waals surface area (Å²) < 4.78 is 12.2. The molecule has 1 saturated carbocycles. The van der Waals surface area contributed by atoms with Crippen LogP contribution in [-0.4, -0.2) is 11.4 Å². The molecule has 0 bridgehead atoms. The second kappa shape index (κ2) is 10.5. The third-order valence-corrected chi connectivity index (χ3v) is 7.46. The monoisotopic (exact) mass is 388 g/mol. The summed E-state index contributed by atoms with van der Waals surface area (Å²) in [4.78, 5) is 13.9. The van der Waals surface area contributed by atoms with Crippen LogP contribution in [0.4, 0.5) is 0 Å². The third-order valence-electron chi connectivity index (χ3n) is 6.45. The molecule has 1 unspecified atom stereocenters. The second-order valence-electron chi connectivity index (χ2n) is 8.64. The highest BCUT2D eigenvalue weighted by molar-refractivity contribution is 7.24. The van der Waals surface area contributed by atoms with Gasteiger partial charge in [-0.25, -0.2) is 0 Å². The highest BCUT2D eigenvalue weighted by atomic mass is 31.1. The van der Waals surface area contributed by atoms with Crippen LogP contribution in [0.2, 0.25) is 0 Å². The standard InChI is InChI=1S/C24H37O2P/c1-5-6-7-8-10-13-21(27-26)24(14-11-9-12-15-24)23(25)22-19(3)16-18(2)17-20(22)4/h16-17,21H,5-15H2,1-4H3. The largest absolute Gasteiger partial charge is 0.293 e. The Morgan fingerprint density at radius 3 is 2.15 bits per heavy atom. The lowest BCUT2D eigenvalue weighted by molar-refractivity contribution is 0.0692. The van der Waals surface area contributed by atoms with Gasteiger partial charge < -0.3 is 0 Å². The summed E-state index contributed by atoms with van der Waals surface area (Å²) in [6, 6.07) is 4.23. The minimum atomic E-state index is -0.433. The van der Waals surface area contributed by atoms with E-state index in [4.69, 9.17) is 0 Å². The van der Waals surface area contributed by atoms with Crippen molar-refractivity contribution in [2.45, 2.75) is 104 Å². The molecule has 150 valence electrons. The van der Waals surface area contributed by atoms with Crippen LogP contribution in [-0.2, 0) is 4.57 Å². The molecule has 1 fully saturated rings. The van der Waals surface area contributed by atoms with Gasteiger partial charge in [0.05, 0.1) is 5.66 Å². The third kappa shape index (κ3) is 5.29. The zero-order chi connectivity index (χ0) is 19.9. The summed E-state index contributed by atoms with van der Waals surface area (Å²) in [5, 5.41) is 0. The number of Topliss-reactive ketones (excluding diaryl/α,β-unsaturated/α-hetero) is 1. The van der Waals surface area contributed by atoms with Gasteiger partial charge in [-0.05, 0) is 51.2 Å². The molecule has 0 amide bonds. The Bertz CT molecular complexity index is 621. The Labute approximate surface area is 167 Å². The lowest BCUT2D eigenvalue weighted by Gasteiger charge is -2.40. The van der Waals surface area contributed by atoms with Gasteiger partial charge in [-0.15, -0.1) is 0 Å². The maximum absolute atomic E-state index is 13.9. The molecule has 0 radical (unpaired) electrons. The Hall–Kier alpha value is -1.01. The Balaban J connectivity index is 2.29. The number of carbonyl (C=O) groups excluding carboxylic acids is 1. The highest BCUT2D eigenvalue weighted by Gasteiger charge is 2.47. The van der Waals surface area contributed by atoms with Crippen LogP contribution < -0.4 is 0 Å². The molecule has 1 aromatic carbocycles. The normalized spacial score (nSPS) is 17.8. The molecular formula is C24H37O2P. The maximum atomic E-state index is 13.9. The van der Waals surface area contributed by atoms with Crippen molar-refractivity contribution in [2.75, 3.05) is 0 Å². The lowest BCUT2D eigenvalue weighted by atomic mass is 9.65. The summed E-state index contributed by atoms with van der Waals surface area (Å²) in [5.41, 5.74) is 3.78. The number of rotatable bonds is 10. The summed E-state index contributed by atoms with van der Waals surface area (Å²) in [6.07, 6.45) is 12.1. The van der Waals surface area contributed by atoms with Crippen molar-refractivity contribution in [1.29, 1.82) is 0 Å². The Morgan fingerprint density at radius 2 is 1.59 bits per heavy atom. The first kappa shape index (κ1) is 22.3. The van der Waals surface area contributed by atoms with Crippen molar-refractivity contribution in [3.8, 4) is 0 Å². The summed E-state index contributed by atoms with van der Waals surface area (Å²) >= 11 is 0. The average Bonchev–Trinajstić information content (AvgIpc) is 2.64. The van der Waals surface area contributed by atoms with Gasteiger partial charge in [0.2, 0.25) is 0 Å². The van der Waals surface area contributed by atoms with E-state index in [1.165, 1.54) is 37.7 Å². The van der Waals surface area contributed by atoms with Crippen LogP contribution >= 0.6 is 8.46 Å². The molecule has 1 aliphatic carbocycles. The van der Waals surface area contributed by atoms with Crippen LogP contribution in [0.5, 0.6) is 0 Å². The quantitative estimate of drug-likeness (QED) is 0.233. The molecule has 1 aliphatic rings. The minimum Gasteiger partial charge on any atom is -0.293 e. The zero-order valence-electron chi connectivity index (χ0n) is 17.8. The fourth-order valence-corrected chi connectivity index (χ4v) is 5.92. The molecule has 1 aromatic rings. The first-order valence-corrected chi connectivity index (χ1v) is 11.8. The average molecular weight is 389 g/mol. The highest BCUT2D eigenvalue weighted by Crippen LogP contribution is 2.48. The van der Waals surface area contributed by atoms with E-state index in [0.29, 0.717) is 0 Å². The minimum absolute atomic E-state index is 0.0352. The van der Waals surface area contributed by atoms with Crippen LogP contribution in [0.1, 0.15) is 105 Å². The predicted molar refractivity (Wildman–Crippen MR) is 115 cm³/mol. The van der Waals surface area contributed by atoms with Crippen LogP contribution in [0.3, 0.4) is 0 Å². The molecule has 2 rings (SSSR count). The maximum Gasteiger partial charge on any atom is 0.170 e. The van der Waals surface area contributed by atoms with Crippen molar-refractivity contribution in [3.63, 3.8) is 0 Å². The zero-order valence-corrected chi connectivity index (χ0v) is 18.7. The van der Waals surface area contributed by atoms with Gasteiger partial charge in [0, 0.05) is 11.0 Å². The molecule has 0 heterocycles. The van der Waals surface area contributed by atoms with E-state index in [1.54, 1.807) is 0 Å². The molecule has 2 nitrogen and oxygen atoms in total. The molecule has 0 saturated heterocycles. The van der Waals surface area contributed by atoms with Crippen molar-refractivity contribution in [3.05, 3.63) is 34.4 Å². The Kier molecular flexibility index (Phi) is 8.67. The topological polar surface area (TPSA) is 34.1 Å². The fourth-order valence-electron chi connectivity index (χ4n) is 5.05. The Morgan fingerprint density at radius 1 is 1.00 bits per heavy atom. The first-order chi connectivity index (χ1) is 13.0. The summed E-state index contributed by atoms with van der Waals surface area (Å²) in [7, 11) is 0.164. The fraction of sp³-hybridized carbons (Fsp3) is 0.708. The molecular weight excluding hydrogens is 351 g/mol. The van der Waals surface area contributed by atoms with E-state index in [9.17, 15) is 9.36 Å². The molecule has 0 N–H and O–H groups in total. The van der Waals surface area contributed by atoms with Gasteiger partial charge in [0.15, 0.2) is 14.2 Å².